The molecule has 0 bridgehead atoms. The van der Waals surface area contributed by atoms with Crippen LogP contribution in [0.5, 0.6) is 0 Å². The number of fused-ring (bicyclic) bond motifs is 1. The lowest BCUT2D eigenvalue weighted by molar-refractivity contribution is 0.298. The van der Waals surface area contributed by atoms with Crippen molar-refractivity contribution in [1.82, 2.24) is 4.90 Å². The summed E-state index contributed by atoms with van der Waals surface area (Å²) in [5.74, 6) is 1.64. The van der Waals surface area contributed by atoms with Gasteiger partial charge < -0.3 is 5.73 Å². The lowest BCUT2D eigenvalue weighted by Crippen LogP contribution is -2.30. The number of hydrogen-bond donors (Lipinski definition) is 1. The molecular formula is C14H21ClN2. The highest BCUT2D eigenvalue weighted by molar-refractivity contribution is 5.85. The predicted octanol–water partition coefficient (Wildman–Crippen LogP) is 2.28. The third-order valence-electron chi connectivity index (χ3n) is 4.24. The molecule has 3 rings (SSSR count). The van der Waals surface area contributed by atoms with Crippen molar-refractivity contribution in [3.8, 4) is 0 Å². The predicted molar refractivity (Wildman–Crippen MR) is 73.2 cm³/mol. The first-order chi connectivity index (χ1) is 7.83. The van der Waals surface area contributed by atoms with Crippen LogP contribution in [-0.2, 0) is 6.54 Å². The number of hydrogen-bond acceptors (Lipinski definition) is 2. The third kappa shape index (κ3) is 2.65. The topological polar surface area (TPSA) is 29.3 Å². The van der Waals surface area contributed by atoms with Gasteiger partial charge in [-0.2, -0.15) is 0 Å². The number of likely N-dealkylation sites (tertiary alicyclic amines) is 1. The van der Waals surface area contributed by atoms with E-state index in [4.69, 9.17) is 5.73 Å². The van der Waals surface area contributed by atoms with Crippen molar-refractivity contribution < 1.29 is 0 Å². The summed E-state index contributed by atoms with van der Waals surface area (Å²) in [6.45, 7) is 3.56. The van der Waals surface area contributed by atoms with Gasteiger partial charge in [0, 0.05) is 25.7 Å². The summed E-state index contributed by atoms with van der Waals surface area (Å²) in [6.07, 6.45) is 2.59. The van der Waals surface area contributed by atoms with E-state index >= 15 is 0 Å². The molecule has 94 valence electrons. The number of rotatable bonds is 2. The number of nitrogens with two attached hydrogens (primary N) is 1. The van der Waals surface area contributed by atoms with Gasteiger partial charge in [-0.15, -0.1) is 12.4 Å². The van der Waals surface area contributed by atoms with Crippen molar-refractivity contribution in [3.63, 3.8) is 0 Å². The van der Waals surface area contributed by atoms with E-state index in [1.807, 2.05) is 0 Å². The van der Waals surface area contributed by atoms with Gasteiger partial charge in [-0.25, -0.2) is 0 Å². The van der Waals surface area contributed by atoms with Crippen LogP contribution in [0.3, 0.4) is 0 Å². The first-order valence-corrected chi connectivity index (χ1v) is 6.35. The van der Waals surface area contributed by atoms with Gasteiger partial charge in [0.1, 0.15) is 0 Å². The molecule has 0 spiro atoms. The SMILES string of the molecule is Cl.NC1CCC2CN(Cc3ccccc3)CC12. The van der Waals surface area contributed by atoms with E-state index in [-0.39, 0.29) is 12.4 Å². The molecule has 3 heteroatoms. The van der Waals surface area contributed by atoms with E-state index in [0.717, 1.165) is 18.4 Å². The number of halogens is 1. The van der Waals surface area contributed by atoms with Crippen LogP contribution in [0.2, 0.25) is 0 Å². The second-order valence-corrected chi connectivity index (χ2v) is 5.34. The van der Waals surface area contributed by atoms with Crippen molar-refractivity contribution in [2.75, 3.05) is 13.1 Å². The van der Waals surface area contributed by atoms with E-state index in [9.17, 15) is 0 Å². The van der Waals surface area contributed by atoms with Gasteiger partial charge in [0.05, 0.1) is 0 Å². The largest absolute Gasteiger partial charge is 0.327 e. The van der Waals surface area contributed by atoms with Crippen molar-refractivity contribution in [3.05, 3.63) is 35.9 Å². The Balaban J connectivity index is 0.00000108. The standard InChI is InChI=1S/C14H20N2.ClH/c15-14-7-6-12-9-16(10-13(12)14)8-11-4-2-1-3-5-11;/h1-5,12-14H,6-10,15H2;1H. The molecule has 0 aromatic heterocycles. The first-order valence-electron chi connectivity index (χ1n) is 6.35. The minimum Gasteiger partial charge on any atom is -0.327 e. The van der Waals surface area contributed by atoms with Gasteiger partial charge in [-0.05, 0) is 30.2 Å². The Morgan fingerprint density at radius 1 is 1.12 bits per heavy atom. The Morgan fingerprint density at radius 3 is 2.59 bits per heavy atom. The average molecular weight is 253 g/mol. The minimum atomic E-state index is 0. The van der Waals surface area contributed by atoms with Crippen molar-refractivity contribution in [2.45, 2.75) is 25.4 Å². The fourth-order valence-corrected chi connectivity index (χ4v) is 3.37. The van der Waals surface area contributed by atoms with Crippen molar-refractivity contribution in [2.24, 2.45) is 17.6 Å². The molecule has 1 aliphatic carbocycles. The Labute approximate surface area is 110 Å². The molecular weight excluding hydrogens is 232 g/mol. The second-order valence-electron chi connectivity index (χ2n) is 5.34. The fraction of sp³-hybridized carbons (Fsp3) is 0.571. The maximum atomic E-state index is 6.15. The second kappa shape index (κ2) is 5.38. The zero-order valence-electron chi connectivity index (χ0n) is 10.1. The molecule has 1 aromatic carbocycles. The summed E-state index contributed by atoms with van der Waals surface area (Å²) in [7, 11) is 0. The van der Waals surface area contributed by atoms with E-state index in [0.29, 0.717) is 6.04 Å². The Kier molecular flexibility index (Phi) is 4.08. The van der Waals surface area contributed by atoms with Crippen LogP contribution in [0.25, 0.3) is 0 Å². The van der Waals surface area contributed by atoms with E-state index in [2.05, 4.69) is 35.2 Å². The zero-order chi connectivity index (χ0) is 11.0. The quantitative estimate of drug-likeness (QED) is 0.875. The highest BCUT2D eigenvalue weighted by Crippen LogP contribution is 2.37. The molecule has 2 fully saturated rings. The van der Waals surface area contributed by atoms with Crippen LogP contribution in [0.1, 0.15) is 18.4 Å². The number of benzene rings is 1. The molecule has 1 heterocycles. The van der Waals surface area contributed by atoms with Gasteiger partial charge in [0.2, 0.25) is 0 Å². The zero-order valence-corrected chi connectivity index (χ0v) is 10.9. The smallest absolute Gasteiger partial charge is 0.0233 e. The lowest BCUT2D eigenvalue weighted by atomic mass is 9.98. The Bertz CT molecular complexity index is 354. The van der Waals surface area contributed by atoms with Gasteiger partial charge in [0.15, 0.2) is 0 Å². The normalized spacial score (nSPS) is 32.2. The first kappa shape index (κ1) is 12.9. The Morgan fingerprint density at radius 2 is 1.88 bits per heavy atom. The molecule has 3 unspecified atom stereocenters. The van der Waals surface area contributed by atoms with Crippen LogP contribution in [0, 0.1) is 11.8 Å². The molecule has 0 amide bonds. The summed E-state index contributed by atoms with van der Waals surface area (Å²) < 4.78 is 0. The molecule has 2 N–H and O–H groups in total. The van der Waals surface area contributed by atoms with E-state index in [1.165, 1.54) is 31.5 Å². The molecule has 2 nitrogen and oxygen atoms in total. The summed E-state index contributed by atoms with van der Waals surface area (Å²) in [5, 5.41) is 0. The summed E-state index contributed by atoms with van der Waals surface area (Å²) in [5.41, 5.74) is 7.58. The van der Waals surface area contributed by atoms with Crippen LogP contribution >= 0.6 is 12.4 Å². The van der Waals surface area contributed by atoms with E-state index < -0.39 is 0 Å². The highest BCUT2D eigenvalue weighted by atomic mass is 35.5. The molecule has 0 radical (unpaired) electrons. The van der Waals surface area contributed by atoms with Crippen LogP contribution in [-0.4, -0.2) is 24.0 Å². The van der Waals surface area contributed by atoms with Crippen LogP contribution in [0.15, 0.2) is 30.3 Å². The van der Waals surface area contributed by atoms with Crippen LogP contribution in [0.4, 0.5) is 0 Å². The minimum absolute atomic E-state index is 0. The van der Waals surface area contributed by atoms with Crippen molar-refractivity contribution >= 4 is 12.4 Å². The molecule has 3 atom stereocenters. The Hall–Kier alpha value is -0.570. The summed E-state index contributed by atoms with van der Waals surface area (Å²) in [6, 6.07) is 11.2. The molecule has 1 aromatic rings. The van der Waals surface area contributed by atoms with Gasteiger partial charge in [0.25, 0.3) is 0 Å². The van der Waals surface area contributed by atoms with E-state index in [1.54, 1.807) is 0 Å². The maximum absolute atomic E-state index is 6.15. The molecule has 1 saturated heterocycles. The highest BCUT2D eigenvalue weighted by Gasteiger charge is 2.40. The summed E-state index contributed by atoms with van der Waals surface area (Å²) in [4.78, 5) is 2.57. The maximum Gasteiger partial charge on any atom is 0.0233 e. The third-order valence-corrected chi connectivity index (χ3v) is 4.24. The summed E-state index contributed by atoms with van der Waals surface area (Å²) >= 11 is 0. The van der Waals surface area contributed by atoms with Gasteiger partial charge in [-0.3, -0.25) is 4.90 Å². The van der Waals surface area contributed by atoms with Crippen molar-refractivity contribution in [1.29, 1.82) is 0 Å². The average Bonchev–Trinajstić information content (AvgIpc) is 2.83. The molecule has 17 heavy (non-hydrogen) atoms. The van der Waals surface area contributed by atoms with Gasteiger partial charge >= 0.3 is 0 Å². The van der Waals surface area contributed by atoms with Crippen LogP contribution < -0.4 is 5.73 Å². The number of nitrogens with zero attached hydrogens (tertiary/aromatic N) is 1. The molecule has 1 saturated carbocycles. The lowest BCUT2D eigenvalue weighted by Gasteiger charge is -2.18. The monoisotopic (exact) mass is 252 g/mol. The molecule has 1 aliphatic heterocycles. The molecule has 2 aliphatic rings. The van der Waals surface area contributed by atoms with Gasteiger partial charge in [-0.1, -0.05) is 30.3 Å². The fourth-order valence-electron chi connectivity index (χ4n) is 3.37.